The van der Waals surface area contributed by atoms with Gasteiger partial charge in [0.1, 0.15) is 11.3 Å². The molecule has 1 unspecified atom stereocenters. The Kier molecular flexibility index (Phi) is 3.28. The maximum atomic E-state index is 12.1. The van der Waals surface area contributed by atoms with Crippen LogP contribution >= 0.6 is 11.6 Å². The SMILES string of the molecule is O=C1NC(=O)C2(CCCN(Cc3cc4cc(Cl)cnc4o3)C2)N1. The molecule has 120 valence electrons. The number of fused-ring (bicyclic) bond motifs is 1. The van der Waals surface area contributed by atoms with Crippen molar-refractivity contribution in [2.75, 3.05) is 13.1 Å². The number of furan rings is 1. The van der Waals surface area contributed by atoms with Gasteiger partial charge in [0.05, 0.1) is 11.6 Å². The Hall–Kier alpha value is -2.12. The molecule has 2 fully saturated rings. The van der Waals surface area contributed by atoms with Crippen LogP contribution in [0.3, 0.4) is 0 Å². The highest BCUT2D eigenvalue weighted by molar-refractivity contribution is 6.31. The highest BCUT2D eigenvalue weighted by atomic mass is 35.5. The third-order valence-corrected chi connectivity index (χ3v) is 4.56. The number of carbonyl (C=O) groups is 2. The molecule has 4 rings (SSSR count). The van der Waals surface area contributed by atoms with E-state index in [2.05, 4.69) is 20.5 Å². The average molecular weight is 335 g/mol. The van der Waals surface area contributed by atoms with E-state index in [0.717, 1.165) is 24.1 Å². The van der Waals surface area contributed by atoms with E-state index < -0.39 is 11.6 Å². The van der Waals surface area contributed by atoms with Crippen molar-refractivity contribution in [3.63, 3.8) is 0 Å². The molecule has 0 aliphatic carbocycles. The first-order chi connectivity index (χ1) is 11.0. The minimum Gasteiger partial charge on any atom is -0.441 e. The van der Waals surface area contributed by atoms with Gasteiger partial charge in [0.2, 0.25) is 5.71 Å². The summed E-state index contributed by atoms with van der Waals surface area (Å²) in [6.45, 7) is 1.87. The van der Waals surface area contributed by atoms with E-state index >= 15 is 0 Å². The standard InChI is InChI=1S/C15H15ClN4O3/c16-10-4-9-5-11(23-12(9)17-6-10)7-20-3-1-2-15(8-20)13(21)18-14(22)19-15/h4-6H,1-3,7-8H2,(H2,18,19,21,22). The number of nitrogens with zero attached hydrogens (tertiary/aromatic N) is 2. The molecule has 0 aromatic carbocycles. The Morgan fingerprint density at radius 2 is 2.26 bits per heavy atom. The largest absolute Gasteiger partial charge is 0.441 e. The van der Waals surface area contributed by atoms with Gasteiger partial charge in [0.25, 0.3) is 5.91 Å². The normalized spacial score (nSPS) is 25.1. The van der Waals surface area contributed by atoms with Crippen LogP contribution in [0.15, 0.2) is 22.7 Å². The molecule has 1 spiro atoms. The third kappa shape index (κ3) is 2.55. The molecule has 8 heteroatoms. The van der Waals surface area contributed by atoms with E-state index in [1.165, 1.54) is 0 Å². The lowest BCUT2D eigenvalue weighted by molar-refractivity contribution is -0.126. The molecule has 3 amide bonds. The third-order valence-electron chi connectivity index (χ3n) is 4.36. The lowest BCUT2D eigenvalue weighted by Gasteiger charge is -2.37. The van der Waals surface area contributed by atoms with Crippen LogP contribution in [0.2, 0.25) is 5.02 Å². The van der Waals surface area contributed by atoms with Crippen molar-refractivity contribution < 1.29 is 14.0 Å². The van der Waals surface area contributed by atoms with Crippen LogP contribution in [-0.4, -0.2) is 40.5 Å². The van der Waals surface area contributed by atoms with Gasteiger partial charge in [-0.2, -0.15) is 0 Å². The molecular weight excluding hydrogens is 320 g/mol. The second kappa shape index (κ2) is 5.21. The summed E-state index contributed by atoms with van der Waals surface area (Å²) in [6.07, 6.45) is 3.03. The molecule has 4 heterocycles. The first kappa shape index (κ1) is 14.5. The van der Waals surface area contributed by atoms with E-state index in [0.29, 0.717) is 30.2 Å². The number of amides is 3. The van der Waals surface area contributed by atoms with Gasteiger partial charge < -0.3 is 9.73 Å². The van der Waals surface area contributed by atoms with Gasteiger partial charge >= 0.3 is 6.03 Å². The van der Waals surface area contributed by atoms with E-state index in [1.807, 2.05) is 6.07 Å². The molecule has 2 aromatic heterocycles. The number of piperidine rings is 1. The van der Waals surface area contributed by atoms with Crippen molar-refractivity contribution in [3.8, 4) is 0 Å². The summed E-state index contributed by atoms with van der Waals surface area (Å²) in [5.41, 5.74) is -0.272. The predicted molar refractivity (Wildman–Crippen MR) is 82.9 cm³/mol. The Morgan fingerprint density at radius 3 is 3.04 bits per heavy atom. The van der Waals surface area contributed by atoms with E-state index in [1.54, 1.807) is 12.3 Å². The molecule has 2 aliphatic heterocycles. The maximum absolute atomic E-state index is 12.1. The molecule has 23 heavy (non-hydrogen) atoms. The monoisotopic (exact) mass is 334 g/mol. The highest BCUT2D eigenvalue weighted by Crippen LogP contribution is 2.27. The zero-order chi connectivity index (χ0) is 16.0. The van der Waals surface area contributed by atoms with E-state index in [9.17, 15) is 9.59 Å². The number of aromatic nitrogens is 1. The van der Waals surface area contributed by atoms with Crippen LogP contribution in [0.4, 0.5) is 4.79 Å². The Labute approximate surface area is 137 Å². The summed E-state index contributed by atoms with van der Waals surface area (Å²) >= 11 is 5.93. The fourth-order valence-electron chi connectivity index (χ4n) is 3.35. The van der Waals surface area contributed by atoms with Crippen LogP contribution in [0.5, 0.6) is 0 Å². The number of imide groups is 1. The number of halogens is 1. The number of hydrogen-bond acceptors (Lipinski definition) is 5. The summed E-state index contributed by atoms with van der Waals surface area (Å²) < 4.78 is 5.73. The summed E-state index contributed by atoms with van der Waals surface area (Å²) in [6, 6.07) is 3.29. The Balaban J connectivity index is 1.53. The number of urea groups is 1. The highest BCUT2D eigenvalue weighted by Gasteiger charge is 2.48. The first-order valence-electron chi connectivity index (χ1n) is 7.44. The fourth-order valence-corrected chi connectivity index (χ4v) is 3.52. The topological polar surface area (TPSA) is 87.5 Å². The molecule has 2 aliphatic rings. The number of likely N-dealkylation sites (tertiary alicyclic amines) is 1. The molecule has 0 saturated carbocycles. The van der Waals surface area contributed by atoms with Crippen LogP contribution in [0, 0.1) is 0 Å². The Bertz CT molecular complexity index is 805. The minimum atomic E-state index is -0.817. The number of nitrogens with one attached hydrogen (secondary N) is 2. The van der Waals surface area contributed by atoms with Crippen molar-refractivity contribution in [1.29, 1.82) is 0 Å². The number of rotatable bonds is 2. The second-order valence-electron chi connectivity index (χ2n) is 6.07. The van der Waals surface area contributed by atoms with Gasteiger partial charge in [0.15, 0.2) is 0 Å². The van der Waals surface area contributed by atoms with Crippen LogP contribution < -0.4 is 10.6 Å². The zero-order valence-corrected chi connectivity index (χ0v) is 13.0. The number of pyridine rings is 1. The molecule has 0 bridgehead atoms. The Morgan fingerprint density at radius 1 is 1.39 bits per heavy atom. The molecule has 2 saturated heterocycles. The number of carbonyl (C=O) groups excluding carboxylic acids is 2. The van der Waals surface area contributed by atoms with Crippen LogP contribution in [-0.2, 0) is 11.3 Å². The fraction of sp³-hybridized carbons (Fsp3) is 0.400. The van der Waals surface area contributed by atoms with Gasteiger partial charge in [-0.25, -0.2) is 9.78 Å². The average Bonchev–Trinajstić information content (AvgIpc) is 2.99. The minimum absolute atomic E-state index is 0.245. The van der Waals surface area contributed by atoms with Crippen LogP contribution in [0.25, 0.3) is 11.1 Å². The number of hydrogen-bond donors (Lipinski definition) is 2. The summed E-state index contributed by atoms with van der Waals surface area (Å²) in [7, 11) is 0. The molecule has 1 atom stereocenters. The van der Waals surface area contributed by atoms with Gasteiger partial charge in [0, 0.05) is 18.1 Å². The van der Waals surface area contributed by atoms with Crippen LogP contribution in [0.1, 0.15) is 18.6 Å². The maximum Gasteiger partial charge on any atom is 0.322 e. The lowest BCUT2D eigenvalue weighted by Crippen LogP contribution is -2.58. The lowest BCUT2D eigenvalue weighted by atomic mass is 9.89. The molecular formula is C15H15ClN4O3. The molecule has 2 N–H and O–H groups in total. The van der Waals surface area contributed by atoms with Gasteiger partial charge in [-0.15, -0.1) is 0 Å². The molecule has 2 aromatic rings. The van der Waals surface area contributed by atoms with Gasteiger partial charge in [-0.05, 0) is 31.5 Å². The van der Waals surface area contributed by atoms with Crippen molar-refractivity contribution >= 4 is 34.6 Å². The van der Waals surface area contributed by atoms with Gasteiger partial charge in [-0.1, -0.05) is 11.6 Å². The van der Waals surface area contributed by atoms with E-state index in [-0.39, 0.29) is 5.91 Å². The summed E-state index contributed by atoms with van der Waals surface area (Å²) in [5, 5.41) is 6.51. The smallest absolute Gasteiger partial charge is 0.322 e. The van der Waals surface area contributed by atoms with Crippen molar-refractivity contribution in [2.45, 2.75) is 24.9 Å². The predicted octanol–water partition coefficient (Wildman–Crippen LogP) is 1.66. The van der Waals surface area contributed by atoms with Gasteiger partial charge in [-0.3, -0.25) is 15.0 Å². The summed E-state index contributed by atoms with van der Waals surface area (Å²) in [5.74, 6) is 0.516. The zero-order valence-electron chi connectivity index (χ0n) is 12.3. The molecule has 0 radical (unpaired) electrons. The van der Waals surface area contributed by atoms with E-state index in [4.69, 9.17) is 16.0 Å². The first-order valence-corrected chi connectivity index (χ1v) is 7.82. The molecule has 7 nitrogen and oxygen atoms in total. The van der Waals surface area contributed by atoms with Crippen molar-refractivity contribution in [3.05, 3.63) is 29.1 Å². The quantitative estimate of drug-likeness (QED) is 0.815. The second-order valence-corrected chi connectivity index (χ2v) is 6.50. The summed E-state index contributed by atoms with van der Waals surface area (Å²) in [4.78, 5) is 29.8. The van der Waals surface area contributed by atoms with Crippen molar-refractivity contribution in [2.24, 2.45) is 0 Å². The van der Waals surface area contributed by atoms with Crippen molar-refractivity contribution in [1.82, 2.24) is 20.5 Å².